The maximum Gasteiger partial charge on any atom is 0.113 e. The fourth-order valence-electron chi connectivity index (χ4n) is 5.85. The number of nitrogens with one attached hydrogen (secondary N) is 1. The molecule has 0 aliphatic carbocycles. The van der Waals surface area contributed by atoms with E-state index in [0.29, 0.717) is 12.0 Å². The van der Waals surface area contributed by atoms with Gasteiger partial charge in [-0.05, 0) is 69.7 Å². The van der Waals surface area contributed by atoms with Crippen molar-refractivity contribution in [3.63, 3.8) is 0 Å². The number of fused-ring (bicyclic) bond motifs is 1. The lowest BCUT2D eigenvalue weighted by molar-refractivity contribution is 0.153. The van der Waals surface area contributed by atoms with E-state index >= 15 is 0 Å². The number of unbranched alkanes of at least 4 members (excludes halogenated alkanes) is 2. The van der Waals surface area contributed by atoms with Crippen LogP contribution in [0.25, 0.3) is 11.0 Å². The van der Waals surface area contributed by atoms with E-state index in [1.54, 1.807) is 0 Å². The normalized spacial score (nSPS) is 19.6. The standard InChI is InChI=1S/C27H44N4/c1-3-5-9-22(10-6-4-2)21-30-19-15-24(16-20-30)31-26-12-8-7-11-25(26)29-27(31)23-13-17-28-18-14-23/h7-8,11-12,22-24,28H,3-6,9-10,13-21H2,1-2H3. The molecular formula is C27H44N4. The Labute approximate surface area is 189 Å². The molecule has 0 saturated carbocycles. The monoisotopic (exact) mass is 424 g/mol. The van der Waals surface area contributed by atoms with Gasteiger partial charge in [0.25, 0.3) is 0 Å². The molecular weight excluding hydrogens is 380 g/mol. The lowest BCUT2D eigenvalue weighted by Gasteiger charge is -2.36. The third-order valence-electron chi connectivity index (χ3n) is 7.70. The predicted molar refractivity (Wildman–Crippen MR) is 132 cm³/mol. The van der Waals surface area contributed by atoms with E-state index in [9.17, 15) is 0 Å². The van der Waals surface area contributed by atoms with Crippen LogP contribution in [0.2, 0.25) is 0 Å². The fourth-order valence-corrected chi connectivity index (χ4v) is 5.85. The molecule has 1 aromatic heterocycles. The minimum atomic E-state index is 0.610. The molecule has 2 aromatic rings. The Morgan fingerprint density at radius 3 is 2.32 bits per heavy atom. The van der Waals surface area contributed by atoms with Crippen LogP contribution in [-0.4, -0.2) is 47.2 Å². The molecule has 2 fully saturated rings. The van der Waals surface area contributed by atoms with Gasteiger partial charge in [0, 0.05) is 31.6 Å². The highest BCUT2D eigenvalue weighted by Gasteiger charge is 2.29. The van der Waals surface area contributed by atoms with E-state index in [1.165, 1.54) is 101 Å². The summed E-state index contributed by atoms with van der Waals surface area (Å²) in [6, 6.07) is 9.44. The van der Waals surface area contributed by atoms with Gasteiger partial charge in [-0.3, -0.25) is 0 Å². The van der Waals surface area contributed by atoms with Crippen molar-refractivity contribution in [3.05, 3.63) is 30.1 Å². The lowest BCUT2D eigenvalue weighted by atomic mass is 9.93. The van der Waals surface area contributed by atoms with Crippen molar-refractivity contribution in [1.29, 1.82) is 0 Å². The van der Waals surface area contributed by atoms with Crippen LogP contribution in [0.4, 0.5) is 0 Å². The average Bonchev–Trinajstić information content (AvgIpc) is 3.21. The number of nitrogens with zero attached hydrogens (tertiary/aromatic N) is 3. The molecule has 0 spiro atoms. The third-order valence-corrected chi connectivity index (χ3v) is 7.70. The first kappa shape index (κ1) is 22.8. The van der Waals surface area contributed by atoms with Gasteiger partial charge in [0.05, 0.1) is 11.0 Å². The van der Waals surface area contributed by atoms with Gasteiger partial charge in [-0.2, -0.15) is 0 Å². The molecule has 0 amide bonds. The zero-order chi connectivity index (χ0) is 21.5. The molecule has 0 bridgehead atoms. The van der Waals surface area contributed by atoms with Crippen LogP contribution in [0.3, 0.4) is 0 Å². The van der Waals surface area contributed by atoms with E-state index in [0.717, 1.165) is 19.0 Å². The molecule has 1 aromatic carbocycles. The van der Waals surface area contributed by atoms with Crippen LogP contribution in [0.1, 0.15) is 95.8 Å². The van der Waals surface area contributed by atoms with E-state index < -0.39 is 0 Å². The number of imidazole rings is 1. The number of benzene rings is 1. The van der Waals surface area contributed by atoms with Crippen molar-refractivity contribution in [1.82, 2.24) is 19.8 Å². The summed E-state index contributed by atoms with van der Waals surface area (Å²) in [5.41, 5.74) is 2.55. The largest absolute Gasteiger partial charge is 0.325 e. The van der Waals surface area contributed by atoms with Crippen molar-refractivity contribution >= 4 is 11.0 Å². The van der Waals surface area contributed by atoms with E-state index in [4.69, 9.17) is 4.98 Å². The highest BCUT2D eigenvalue weighted by atomic mass is 15.2. The summed E-state index contributed by atoms with van der Waals surface area (Å²) in [5, 5.41) is 3.53. The molecule has 3 heterocycles. The summed E-state index contributed by atoms with van der Waals surface area (Å²) < 4.78 is 2.66. The number of hydrogen-bond donors (Lipinski definition) is 1. The number of hydrogen-bond acceptors (Lipinski definition) is 3. The molecule has 0 atom stereocenters. The van der Waals surface area contributed by atoms with Gasteiger partial charge in [0.1, 0.15) is 5.82 Å². The van der Waals surface area contributed by atoms with E-state index in [-0.39, 0.29) is 0 Å². The number of aromatic nitrogens is 2. The Balaban J connectivity index is 1.44. The minimum Gasteiger partial charge on any atom is -0.325 e. The summed E-state index contributed by atoms with van der Waals surface area (Å²) in [4.78, 5) is 7.94. The first-order valence-electron chi connectivity index (χ1n) is 13.2. The molecule has 0 unspecified atom stereocenters. The van der Waals surface area contributed by atoms with Crippen LogP contribution < -0.4 is 5.32 Å². The lowest BCUT2D eigenvalue weighted by Crippen LogP contribution is -2.38. The van der Waals surface area contributed by atoms with Crippen molar-refractivity contribution in [2.45, 2.75) is 90.0 Å². The Morgan fingerprint density at radius 2 is 1.65 bits per heavy atom. The van der Waals surface area contributed by atoms with E-state index in [2.05, 4.69) is 52.9 Å². The van der Waals surface area contributed by atoms with Gasteiger partial charge in [0.2, 0.25) is 0 Å². The molecule has 2 aliphatic heterocycles. The third kappa shape index (κ3) is 5.70. The summed E-state index contributed by atoms with van der Waals surface area (Å²) in [5.74, 6) is 2.87. The number of likely N-dealkylation sites (tertiary alicyclic amines) is 1. The molecule has 4 heteroatoms. The van der Waals surface area contributed by atoms with Gasteiger partial charge in [-0.25, -0.2) is 4.98 Å². The Hall–Kier alpha value is -1.39. The Bertz CT molecular complexity index is 776. The van der Waals surface area contributed by atoms with Crippen molar-refractivity contribution in [2.75, 3.05) is 32.7 Å². The molecule has 172 valence electrons. The highest BCUT2D eigenvalue weighted by molar-refractivity contribution is 5.76. The first-order valence-corrected chi connectivity index (χ1v) is 13.2. The second-order valence-corrected chi connectivity index (χ2v) is 10.0. The second-order valence-electron chi connectivity index (χ2n) is 10.0. The molecule has 4 nitrogen and oxygen atoms in total. The summed E-state index contributed by atoms with van der Waals surface area (Å²) >= 11 is 0. The van der Waals surface area contributed by atoms with Gasteiger partial charge in [-0.1, -0.05) is 51.7 Å². The SMILES string of the molecule is CCCCC(CCCC)CN1CCC(n2c(C3CCNCC3)nc3ccccc32)CC1. The Morgan fingerprint density at radius 1 is 0.968 bits per heavy atom. The molecule has 2 aliphatic rings. The number of para-hydroxylation sites is 2. The zero-order valence-corrected chi connectivity index (χ0v) is 20.0. The fraction of sp³-hybridized carbons (Fsp3) is 0.741. The summed E-state index contributed by atoms with van der Waals surface area (Å²) in [6.45, 7) is 10.7. The predicted octanol–water partition coefficient (Wildman–Crippen LogP) is 6.14. The maximum atomic E-state index is 5.17. The van der Waals surface area contributed by atoms with Crippen LogP contribution in [0.15, 0.2) is 24.3 Å². The molecule has 1 N–H and O–H groups in total. The quantitative estimate of drug-likeness (QED) is 0.497. The topological polar surface area (TPSA) is 33.1 Å². The van der Waals surface area contributed by atoms with Crippen molar-refractivity contribution in [3.8, 4) is 0 Å². The van der Waals surface area contributed by atoms with Gasteiger partial charge in [0.15, 0.2) is 0 Å². The van der Waals surface area contributed by atoms with Gasteiger partial charge < -0.3 is 14.8 Å². The number of piperidine rings is 2. The molecule has 2 saturated heterocycles. The molecule has 31 heavy (non-hydrogen) atoms. The van der Waals surface area contributed by atoms with Crippen molar-refractivity contribution < 1.29 is 0 Å². The Kier molecular flexibility index (Phi) is 8.43. The zero-order valence-electron chi connectivity index (χ0n) is 20.0. The van der Waals surface area contributed by atoms with Gasteiger partial charge in [-0.15, -0.1) is 0 Å². The maximum absolute atomic E-state index is 5.17. The van der Waals surface area contributed by atoms with Crippen LogP contribution in [0.5, 0.6) is 0 Å². The van der Waals surface area contributed by atoms with Crippen molar-refractivity contribution in [2.24, 2.45) is 5.92 Å². The molecule has 0 radical (unpaired) electrons. The smallest absolute Gasteiger partial charge is 0.113 e. The van der Waals surface area contributed by atoms with E-state index in [1.807, 2.05) is 0 Å². The highest BCUT2D eigenvalue weighted by Crippen LogP contribution is 2.35. The minimum absolute atomic E-state index is 0.610. The second kappa shape index (κ2) is 11.5. The first-order chi connectivity index (χ1) is 15.3. The molecule has 4 rings (SSSR count). The number of rotatable bonds is 10. The van der Waals surface area contributed by atoms with Crippen LogP contribution in [-0.2, 0) is 0 Å². The average molecular weight is 425 g/mol. The summed E-state index contributed by atoms with van der Waals surface area (Å²) in [6.07, 6.45) is 13.3. The van der Waals surface area contributed by atoms with Gasteiger partial charge >= 0.3 is 0 Å². The van der Waals surface area contributed by atoms with Crippen LogP contribution >= 0.6 is 0 Å². The van der Waals surface area contributed by atoms with Crippen LogP contribution in [0, 0.1) is 5.92 Å². The summed E-state index contributed by atoms with van der Waals surface area (Å²) in [7, 11) is 0.